The SMILES string of the molecule is c1ccc(N(c2ccccc2)c2ccc3c(c2)C2(c4ccccc4-3)c3ccccc3-c3c(N(c4ccccc4)c4ccc5c(c4)sc4ccccc45)cccc32)cc1. The first kappa shape index (κ1) is 33.0. The van der Waals surface area contributed by atoms with Gasteiger partial charge in [0, 0.05) is 54.2 Å². The molecule has 0 bridgehead atoms. The van der Waals surface area contributed by atoms with Gasteiger partial charge in [-0.25, -0.2) is 0 Å². The van der Waals surface area contributed by atoms with Crippen LogP contribution in [-0.4, -0.2) is 0 Å². The number of benzene rings is 9. The van der Waals surface area contributed by atoms with E-state index in [-0.39, 0.29) is 0 Å². The van der Waals surface area contributed by atoms with E-state index < -0.39 is 5.41 Å². The van der Waals surface area contributed by atoms with Crippen LogP contribution in [0.25, 0.3) is 42.4 Å². The molecule has 0 fully saturated rings. The maximum atomic E-state index is 2.48. The summed E-state index contributed by atoms with van der Waals surface area (Å²) in [6.45, 7) is 0. The van der Waals surface area contributed by atoms with Gasteiger partial charge in [0.05, 0.1) is 11.1 Å². The van der Waals surface area contributed by atoms with Crippen LogP contribution in [0.5, 0.6) is 0 Å². The van der Waals surface area contributed by atoms with Gasteiger partial charge in [-0.2, -0.15) is 0 Å². The van der Waals surface area contributed by atoms with Crippen molar-refractivity contribution in [2.75, 3.05) is 9.80 Å². The molecule has 0 radical (unpaired) electrons. The second-order valence-corrected chi connectivity index (χ2v) is 16.3. The van der Waals surface area contributed by atoms with Crippen molar-refractivity contribution in [3.8, 4) is 22.3 Å². The molecule has 12 rings (SSSR count). The zero-order chi connectivity index (χ0) is 38.2. The number of thiophene rings is 1. The molecule has 1 unspecified atom stereocenters. The predicted octanol–water partition coefficient (Wildman–Crippen LogP) is 15.3. The standard InChI is InChI=1S/C55H36N2S/c1-4-17-37(18-5-1)56(38-19-6-2-7-20-38)40-31-33-43-42-23-10-13-26-47(42)55(50(43)35-40)48-27-14-11-25-46(48)54-49(55)28-16-29-51(54)57(39-21-8-3-9-22-39)41-32-34-45-44-24-12-15-30-52(44)58-53(45)36-41/h1-36H. The Hall–Kier alpha value is -7.20. The van der Waals surface area contributed by atoms with E-state index >= 15 is 0 Å². The van der Waals surface area contributed by atoms with Gasteiger partial charge in [-0.05, 0) is 112 Å². The molecule has 1 aromatic heterocycles. The topological polar surface area (TPSA) is 6.48 Å². The molecule has 58 heavy (non-hydrogen) atoms. The van der Waals surface area contributed by atoms with Gasteiger partial charge < -0.3 is 9.80 Å². The summed E-state index contributed by atoms with van der Waals surface area (Å²) in [7, 11) is 0. The first-order chi connectivity index (χ1) is 28.8. The lowest BCUT2D eigenvalue weighted by molar-refractivity contribution is 0.793. The molecule has 10 aromatic rings. The van der Waals surface area contributed by atoms with Gasteiger partial charge in [0.1, 0.15) is 0 Å². The first-order valence-electron chi connectivity index (χ1n) is 19.9. The Morgan fingerprint density at radius 3 is 1.55 bits per heavy atom. The van der Waals surface area contributed by atoms with Crippen LogP contribution in [-0.2, 0) is 5.41 Å². The molecule has 0 aliphatic heterocycles. The molecule has 272 valence electrons. The first-order valence-corrected chi connectivity index (χ1v) is 20.8. The minimum Gasteiger partial charge on any atom is -0.310 e. The zero-order valence-corrected chi connectivity index (χ0v) is 32.4. The molecule has 2 aliphatic rings. The van der Waals surface area contributed by atoms with Crippen LogP contribution >= 0.6 is 11.3 Å². The molecule has 1 heterocycles. The lowest BCUT2D eigenvalue weighted by atomic mass is 9.70. The van der Waals surface area contributed by atoms with Crippen LogP contribution < -0.4 is 9.80 Å². The van der Waals surface area contributed by atoms with E-state index in [0.717, 1.165) is 28.4 Å². The largest absolute Gasteiger partial charge is 0.310 e. The molecule has 0 N–H and O–H groups in total. The van der Waals surface area contributed by atoms with Gasteiger partial charge in [-0.3, -0.25) is 0 Å². The number of hydrogen-bond donors (Lipinski definition) is 0. The monoisotopic (exact) mass is 756 g/mol. The lowest BCUT2D eigenvalue weighted by Crippen LogP contribution is -2.26. The van der Waals surface area contributed by atoms with Gasteiger partial charge in [-0.15, -0.1) is 11.3 Å². The van der Waals surface area contributed by atoms with Crippen LogP contribution in [0.2, 0.25) is 0 Å². The minimum atomic E-state index is -0.527. The molecular weight excluding hydrogens is 721 g/mol. The van der Waals surface area contributed by atoms with Gasteiger partial charge in [0.25, 0.3) is 0 Å². The summed E-state index contributed by atoms with van der Waals surface area (Å²) in [5.41, 5.74) is 16.7. The van der Waals surface area contributed by atoms with Gasteiger partial charge in [0.15, 0.2) is 0 Å². The summed E-state index contributed by atoms with van der Waals surface area (Å²) < 4.78 is 2.60. The van der Waals surface area contributed by atoms with Crippen molar-refractivity contribution in [2.24, 2.45) is 0 Å². The fourth-order valence-corrected chi connectivity index (χ4v) is 11.1. The average molecular weight is 757 g/mol. The van der Waals surface area contributed by atoms with E-state index in [1.807, 2.05) is 11.3 Å². The van der Waals surface area contributed by atoms with Crippen LogP contribution in [0.15, 0.2) is 218 Å². The summed E-state index contributed by atoms with van der Waals surface area (Å²) in [6.07, 6.45) is 0. The molecule has 3 heteroatoms. The molecule has 1 spiro atoms. The smallest absolute Gasteiger partial charge is 0.0727 e. The number of rotatable bonds is 6. The highest BCUT2D eigenvalue weighted by Gasteiger charge is 2.52. The highest BCUT2D eigenvalue weighted by atomic mass is 32.1. The van der Waals surface area contributed by atoms with Crippen LogP contribution in [0, 0.1) is 0 Å². The third kappa shape index (κ3) is 4.71. The Morgan fingerprint density at radius 1 is 0.310 bits per heavy atom. The molecule has 1 atom stereocenters. The van der Waals surface area contributed by atoms with E-state index in [4.69, 9.17) is 0 Å². The lowest BCUT2D eigenvalue weighted by Gasteiger charge is -2.33. The Bertz CT molecular complexity index is 3150. The molecule has 2 nitrogen and oxygen atoms in total. The summed E-state index contributed by atoms with van der Waals surface area (Å²) in [5.74, 6) is 0. The summed E-state index contributed by atoms with van der Waals surface area (Å²) in [5, 5.41) is 2.61. The number of nitrogens with zero attached hydrogens (tertiary/aromatic N) is 2. The third-order valence-corrected chi connectivity index (χ3v) is 13.4. The van der Waals surface area contributed by atoms with Crippen LogP contribution in [0.1, 0.15) is 22.3 Å². The number of fused-ring (bicyclic) bond motifs is 13. The Labute approximate surface area is 342 Å². The van der Waals surface area contributed by atoms with Gasteiger partial charge in [0.2, 0.25) is 0 Å². The predicted molar refractivity (Wildman–Crippen MR) is 245 cm³/mol. The molecule has 9 aromatic carbocycles. The van der Waals surface area contributed by atoms with Crippen molar-refractivity contribution in [3.05, 3.63) is 241 Å². The highest BCUT2D eigenvalue weighted by molar-refractivity contribution is 7.25. The fourth-order valence-electron chi connectivity index (χ4n) is 9.94. The van der Waals surface area contributed by atoms with Crippen molar-refractivity contribution in [2.45, 2.75) is 5.41 Å². The molecule has 0 amide bonds. The highest BCUT2D eigenvalue weighted by Crippen LogP contribution is 2.65. The van der Waals surface area contributed by atoms with Crippen LogP contribution in [0.3, 0.4) is 0 Å². The van der Waals surface area contributed by atoms with Crippen LogP contribution in [0.4, 0.5) is 34.1 Å². The van der Waals surface area contributed by atoms with E-state index in [2.05, 4.69) is 228 Å². The average Bonchev–Trinajstić information content (AvgIpc) is 3.92. The second kappa shape index (κ2) is 12.9. The Balaban J connectivity index is 1.13. The Morgan fingerprint density at radius 2 is 0.828 bits per heavy atom. The molecule has 0 saturated carbocycles. The third-order valence-electron chi connectivity index (χ3n) is 12.2. The maximum Gasteiger partial charge on any atom is 0.0727 e. The maximum absolute atomic E-state index is 2.48. The summed E-state index contributed by atoms with van der Waals surface area (Å²) in [4.78, 5) is 4.86. The van der Waals surface area contributed by atoms with Crippen molar-refractivity contribution in [1.82, 2.24) is 0 Å². The number of para-hydroxylation sites is 3. The zero-order valence-electron chi connectivity index (χ0n) is 31.6. The fraction of sp³-hybridized carbons (Fsp3) is 0.0182. The number of hydrogen-bond acceptors (Lipinski definition) is 3. The molecular formula is C55H36N2S. The second-order valence-electron chi connectivity index (χ2n) is 15.2. The van der Waals surface area contributed by atoms with E-state index in [1.165, 1.54) is 70.4 Å². The van der Waals surface area contributed by atoms with Gasteiger partial charge in [-0.1, -0.05) is 146 Å². The van der Waals surface area contributed by atoms with E-state index in [1.54, 1.807) is 0 Å². The summed E-state index contributed by atoms with van der Waals surface area (Å²) in [6, 6.07) is 80.5. The normalized spacial score (nSPS) is 14.6. The molecule has 0 saturated heterocycles. The van der Waals surface area contributed by atoms with Gasteiger partial charge >= 0.3 is 0 Å². The minimum absolute atomic E-state index is 0.527. The quantitative estimate of drug-likeness (QED) is 0.167. The van der Waals surface area contributed by atoms with E-state index in [9.17, 15) is 0 Å². The van der Waals surface area contributed by atoms with Crippen molar-refractivity contribution in [1.29, 1.82) is 0 Å². The van der Waals surface area contributed by atoms with Crippen molar-refractivity contribution in [3.63, 3.8) is 0 Å². The van der Waals surface area contributed by atoms with E-state index in [0.29, 0.717) is 0 Å². The molecule has 2 aliphatic carbocycles. The van der Waals surface area contributed by atoms with Crippen molar-refractivity contribution >= 4 is 65.6 Å². The number of anilines is 6. The summed E-state index contributed by atoms with van der Waals surface area (Å²) >= 11 is 1.87. The Kier molecular flexibility index (Phi) is 7.35. The van der Waals surface area contributed by atoms with Crippen molar-refractivity contribution < 1.29 is 0 Å².